The maximum Gasteiger partial charge on any atom is 0.283 e. The Hall–Kier alpha value is -2.15. The number of para-hydroxylation sites is 1. The first kappa shape index (κ1) is 25.0. The van der Waals surface area contributed by atoms with Crippen LogP contribution in [-0.2, 0) is 17.8 Å². The Labute approximate surface area is 211 Å². The molecule has 5 atom stereocenters. The lowest BCUT2D eigenvalue weighted by atomic mass is 9.58. The van der Waals surface area contributed by atoms with Gasteiger partial charge in [-0.3, -0.25) is 9.59 Å². The van der Waals surface area contributed by atoms with Crippen LogP contribution in [0.2, 0.25) is 0 Å². The summed E-state index contributed by atoms with van der Waals surface area (Å²) in [6, 6.07) is 8.35. The van der Waals surface area contributed by atoms with Gasteiger partial charge in [0.05, 0.1) is 11.9 Å². The molecule has 184 valence electrons. The van der Waals surface area contributed by atoms with E-state index in [4.69, 9.17) is 0 Å². The number of halogens is 1. The van der Waals surface area contributed by atoms with E-state index >= 15 is 0 Å². The van der Waals surface area contributed by atoms with Crippen molar-refractivity contribution in [2.45, 2.75) is 79.4 Å². The lowest BCUT2D eigenvalue weighted by Gasteiger charge is -2.50. The van der Waals surface area contributed by atoms with Gasteiger partial charge in [-0.1, -0.05) is 52.8 Å². The van der Waals surface area contributed by atoms with Gasteiger partial charge in [0.2, 0.25) is 5.91 Å². The monoisotopic (exact) mass is 528 g/mol. The predicted octanol–water partition coefficient (Wildman–Crippen LogP) is 5.49. The largest absolute Gasteiger partial charge is 0.380 e. The maximum absolute atomic E-state index is 13.3. The van der Waals surface area contributed by atoms with E-state index in [1.54, 1.807) is 6.20 Å². The van der Waals surface area contributed by atoms with E-state index in [9.17, 15) is 9.59 Å². The summed E-state index contributed by atoms with van der Waals surface area (Å²) in [5.74, 6) is 1.46. The summed E-state index contributed by atoms with van der Waals surface area (Å²) in [5, 5.41) is 7.96. The van der Waals surface area contributed by atoms with Crippen LogP contribution in [0.5, 0.6) is 0 Å². The molecule has 34 heavy (non-hydrogen) atoms. The summed E-state index contributed by atoms with van der Waals surface area (Å²) < 4.78 is 1.69. The van der Waals surface area contributed by atoms with Crippen molar-refractivity contribution < 1.29 is 4.79 Å². The highest BCUT2D eigenvalue weighted by Gasteiger charge is 2.43. The molecular weight excluding hydrogens is 492 g/mol. The highest BCUT2D eigenvalue weighted by Crippen LogP contribution is 2.48. The average molecular weight is 530 g/mol. The molecule has 1 aromatic heterocycles. The fourth-order valence-electron chi connectivity index (χ4n) is 5.72. The number of aromatic nitrogens is 2. The molecule has 0 spiro atoms. The van der Waals surface area contributed by atoms with Crippen molar-refractivity contribution in [3.63, 3.8) is 0 Å². The third-order valence-corrected chi connectivity index (χ3v) is 9.64. The summed E-state index contributed by atoms with van der Waals surface area (Å²) in [4.78, 5) is 28.2. The molecule has 0 radical (unpaired) electrons. The third-order valence-electron chi connectivity index (χ3n) is 8.88. The number of carbonyl (C=O) groups excluding carboxylic acids is 1. The topological polar surface area (TPSA) is 67.2 Å². The Morgan fingerprint density at radius 1 is 1.21 bits per heavy atom. The molecule has 1 unspecified atom stereocenters. The Balaban J connectivity index is 1.53. The zero-order valence-electron chi connectivity index (χ0n) is 21.1. The molecule has 0 saturated heterocycles. The minimum absolute atomic E-state index is 0.0848. The van der Waals surface area contributed by atoms with Crippen LogP contribution in [-0.4, -0.2) is 27.8 Å². The molecule has 1 aliphatic heterocycles. The van der Waals surface area contributed by atoms with Crippen LogP contribution in [0.1, 0.15) is 59.9 Å². The third kappa shape index (κ3) is 4.43. The molecule has 2 aliphatic rings. The molecule has 7 heteroatoms. The molecule has 1 aliphatic carbocycles. The smallest absolute Gasteiger partial charge is 0.283 e. The summed E-state index contributed by atoms with van der Waals surface area (Å²) in [6.07, 6.45) is 4.58. The number of hydrogen-bond donors (Lipinski definition) is 1. The minimum atomic E-state index is -0.291. The van der Waals surface area contributed by atoms with Gasteiger partial charge in [0.1, 0.15) is 11.0 Å². The van der Waals surface area contributed by atoms with Crippen molar-refractivity contribution in [3.8, 4) is 0 Å². The number of hydrogen-bond acceptors (Lipinski definition) is 4. The van der Waals surface area contributed by atoms with E-state index in [-0.39, 0.29) is 35.5 Å². The number of aryl methyl sites for hydroxylation is 1. The molecule has 1 fully saturated rings. The van der Waals surface area contributed by atoms with Crippen molar-refractivity contribution in [1.82, 2.24) is 9.78 Å². The summed E-state index contributed by atoms with van der Waals surface area (Å²) in [7, 11) is 0. The highest BCUT2D eigenvalue weighted by atomic mass is 79.9. The van der Waals surface area contributed by atoms with E-state index in [2.05, 4.69) is 74.0 Å². The van der Waals surface area contributed by atoms with Crippen molar-refractivity contribution >= 4 is 33.2 Å². The van der Waals surface area contributed by atoms with Gasteiger partial charge in [-0.2, -0.15) is 5.10 Å². The van der Waals surface area contributed by atoms with Crippen LogP contribution >= 0.6 is 15.9 Å². The van der Waals surface area contributed by atoms with Gasteiger partial charge >= 0.3 is 0 Å². The Bertz CT molecular complexity index is 1130. The number of nitrogens with one attached hydrogen (secondary N) is 1. The number of anilines is 2. The average Bonchev–Trinajstić information content (AvgIpc) is 2.81. The minimum Gasteiger partial charge on any atom is -0.380 e. The van der Waals surface area contributed by atoms with Gasteiger partial charge in [-0.25, -0.2) is 4.68 Å². The number of nitrogens with zero attached hydrogens (tertiary/aromatic N) is 3. The van der Waals surface area contributed by atoms with E-state index < -0.39 is 0 Å². The normalized spacial score (nSPS) is 28.3. The second kappa shape index (κ2) is 9.48. The van der Waals surface area contributed by atoms with E-state index in [1.165, 1.54) is 10.2 Å². The first-order valence-corrected chi connectivity index (χ1v) is 13.2. The summed E-state index contributed by atoms with van der Waals surface area (Å²) in [6.45, 7) is 13.6. The zero-order chi connectivity index (χ0) is 24.8. The Kier molecular flexibility index (Phi) is 6.96. The van der Waals surface area contributed by atoms with Gasteiger partial charge in [-0.15, -0.1) is 0 Å². The number of rotatable bonds is 4. The second-order valence-corrected chi connectivity index (χ2v) is 11.8. The molecule has 1 saturated carbocycles. The van der Waals surface area contributed by atoms with Crippen LogP contribution in [0, 0.1) is 23.2 Å². The van der Waals surface area contributed by atoms with E-state index in [0.717, 1.165) is 24.9 Å². The Morgan fingerprint density at radius 2 is 1.91 bits per heavy atom. The van der Waals surface area contributed by atoms with Crippen molar-refractivity contribution in [3.05, 3.63) is 50.9 Å². The quantitative estimate of drug-likeness (QED) is 0.569. The second-order valence-electron chi connectivity index (χ2n) is 11.0. The van der Waals surface area contributed by atoms with E-state index in [0.29, 0.717) is 27.9 Å². The molecule has 6 nitrogen and oxygen atoms in total. The summed E-state index contributed by atoms with van der Waals surface area (Å²) >= 11 is 3.49. The maximum atomic E-state index is 13.3. The SMILES string of the molecule is CC1CCc2ccccc2N1C(=O)Cn1ncc(N[C@@H]2C[C@H](C)C(C)(C)[C@H](C)[C@H]2C)c(Br)c1=O. The number of benzene rings is 1. The van der Waals surface area contributed by atoms with Crippen LogP contribution in [0.4, 0.5) is 11.4 Å². The molecule has 1 N–H and O–H groups in total. The fraction of sp³-hybridized carbons (Fsp3) is 0.593. The van der Waals surface area contributed by atoms with Crippen LogP contribution in [0.3, 0.4) is 0 Å². The molecule has 4 rings (SSSR count). The van der Waals surface area contributed by atoms with Crippen LogP contribution in [0.25, 0.3) is 0 Å². The first-order valence-electron chi connectivity index (χ1n) is 12.4. The molecule has 1 aromatic carbocycles. The van der Waals surface area contributed by atoms with Crippen LogP contribution in [0.15, 0.2) is 39.7 Å². The molecule has 2 heterocycles. The number of carbonyl (C=O) groups is 1. The van der Waals surface area contributed by atoms with Gasteiger partial charge in [0, 0.05) is 17.8 Å². The predicted molar refractivity (Wildman–Crippen MR) is 141 cm³/mol. The van der Waals surface area contributed by atoms with Gasteiger partial charge in [-0.05, 0) is 76.9 Å². The molecular formula is C27H37BrN4O2. The van der Waals surface area contributed by atoms with E-state index in [1.807, 2.05) is 23.1 Å². The fourth-order valence-corrected chi connectivity index (χ4v) is 6.14. The lowest BCUT2D eigenvalue weighted by molar-refractivity contribution is -0.120. The first-order chi connectivity index (χ1) is 16.0. The Morgan fingerprint density at radius 3 is 2.65 bits per heavy atom. The number of fused-ring (bicyclic) bond motifs is 1. The molecule has 0 bridgehead atoms. The van der Waals surface area contributed by atoms with Crippen molar-refractivity contribution in [1.29, 1.82) is 0 Å². The van der Waals surface area contributed by atoms with Crippen molar-refractivity contribution in [2.24, 2.45) is 23.2 Å². The summed E-state index contributed by atoms with van der Waals surface area (Å²) in [5.41, 5.74) is 2.79. The van der Waals surface area contributed by atoms with Gasteiger partial charge in [0.15, 0.2) is 0 Å². The molecule has 2 aromatic rings. The van der Waals surface area contributed by atoms with Gasteiger partial charge in [0.25, 0.3) is 5.56 Å². The lowest BCUT2D eigenvalue weighted by Crippen LogP contribution is -2.48. The number of amides is 1. The molecule has 1 amide bonds. The standard InChI is InChI=1S/C27H37BrN4O2/c1-16-13-21(18(3)19(4)27(16,5)6)30-22-14-29-31(26(34)25(22)28)15-24(33)32-17(2)11-12-20-9-7-8-10-23(20)32/h7-10,14,16-19,21,30H,11-13,15H2,1-6H3/t16-,17?,18+,19+,21+/m0/s1. The van der Waals surface area contributed by atoms with Crippen LogP contribution < -0.4 is 15.8 Å². The van der Waals surface area contributed by atoms with Crippen molar-refractivity contribution in [2.75, 3.05) is 10.2 Å². The highest BCUT2D eigenvalue weighted by molar-refractivity contribution is 9.10. The van der Waals surface area contributed by atoms with Gasteiger partial charge < -0.3 is 10.2 Å². The zero-order valence-corrected chi connectivity index (χ0v) is 22.7.